The minimum Gasteiger partial charge on any atom is -0.493 e. The van der Waals surface area contributed by atoms with E-state index in [1.54, 1.807) is 24.3 Å². The molecule has 0 fully saturated rings. The van der Waals surface area contributed by atoms with Gasteiger partial charge >= 0.3 is 0 Å². The molecule has 0 spiro atoms. The van der Waals surface area contributed by atoms with Crippen molar-refractivity contribution in [1.29, 1.82) is 0 Å². The van der Waals surface area contributed by atoms with Crippen molar-refractivity contribution in [3.05, 3.63) is 108 Å². The molecule has 1 heterocycles. The van der Waals surface area contributed by atoms with Gasteiger partial charge in [0.2, 0.25) is 6.54 Å². The fourth-order valence-electron chi connectivity index (χ4n) is 3.94. The Morgan fingerprint density at radius 2 is 1.82 bits per heavy atom. The number of methoxy groups -OCH3 is 1. The first-order chi connectivity index (χ1) is 18.7. The average Bonchev–Trinajstić information content (AvgIpc) is 3.26. The van der Waals surface area contributed by atoms with Crippen molar-refractivity contribution in [3.8, 4) is 17.2 Å². The third kappa shape index (κ3) is 6.73. The highest BCUT2D eigenvalue weighted by atomic mass is 79.9. The van der Waals surface area contributed by atoms with Crippen LogP contribution in [0.3, 0.4) is 0 Å². The number of non-ortho nitro benzene ring substituents is 1. The van der Waals surface area contributed by atoms with Gasteiger partial charge in [-0.25, -0.2) is 0 Å². The van der Waals surface area contributed by atoms with E-state index in [4.69, 9.17) is 9.47 Å². The number of hydrogen-bond donors (Lipinski definition) is 0. The summed E-state index contributed by atoms with van der Waals surface area (Å²) in [6.07, 6.45) is 0. The Bertz CT molecular complexity index is 1530. The summed E-state index contributed by atoms with van der Waals surface area (Å²) in [4.78, 5) is 21.9. The topological polar surface area (TPSA) is 135 Å². The van der Waals surface area contributed by atoms with E-state index in [-0.39, 0.29) is 23.8 Å². The smallest absolute Gasteiger partial charge is 0.269 e. The van der Waals surface area contributed by atoms with E-state index >= 15 is 0 Å². The molecule has 0 aliphatic carbocycles. The first-order valence-corrected chi connectivity index (χ1v) is 13.3. The SMILES string of the molecule is COc1cc([C@H](C[N+](=O)[O-])Sc2nnc(C)n2-c2cccc(C)c2)cc(Br)c1OCc1cccc([N+](=O)[O-])c1. The minimum absolute atomic E-state index is 0.0362. The maximum Gasteiger partial charge on any atom is 0.269 e. The lowest BCUT2D eigenvalue weighted by molar-refractivity contribution is -0.479. The van der Waals surface area contributed by atoms with E-state index < -0.39 is 10.2 Å². The van der Waals surface area contributed by atoms with Crippen molar-refractivity contribution in [2.75, 3.05) is 13.7 Å². The largest absolute Gasteiger partial charge is 0.493 e. The number of nitro benzene ring substituents is 1. The summed E-state index contributed by atoms with van der Waals surface area (Å²) in [5.74, 6) is 1.39. The molecule has 0 saturated heterocycles. The third-order valence-corrected chi connectivity index (χ3v) is 7.52. The summed E-state index contributed by atoms with van der Waals surface area (Å²) < 4.78 is 13.9. The van der Waals surface area contributed by atoms with Crippen molar-refractivity contribution in [3.63, 3.8) is 0 Å². The zero-order valence-electron chi connectivity index (χ0n) is 21.2. The Labute approximate surface area is 236 Å². The normalized spacial score (nSPS) is 11.7. The van der Waals surface area contributed by atoms with Crippen LogP contribution in [-0.2, 0) is 6.61 Å². The number of hydrogen-bond acceptors (Lipinski definition) is 9. The maximum absolute atomic E-state index is 11.7. The molecule has 4 rings (SSSR count). The van der Waals surface area contributed by atoms with Gasteiger partial charge in [-0.1, -0.05) is 36.0 Å². The van der Waals surface area contributed by atoms with Crippen molar-refractivity contribution in [2.24, 2.45) is 0 Å². The molecule has 0 unspecified atom stereocenters. The van der Waals surface area contributed by atoms with Crippen LogP contribution in [0.1, 0.15) is 27.8 Å². The van der Waals surface area contributed by atoms with Gasteiger partial charge in [-0.15, -0.1) is 10.2 Å². The second-order valence-electron chi connectivity index (χ2n) is 8.58. The Morgan fingerprint density at radius 3 is 2.51 bits per heavy atom. The summed E-state index contributed by atoms with van der Waals surface area (Å²) in [5.41, 5.74) is 3.12. The number of rotatable bonds is 11. The maximum atomic E-state index is 11.7. The van der Waals surface area contributed by atoms with Gasteiger partial charge < -0.3 is 9.47 Å². The van der Waals surface area contributed by atoms with Gasteiger partial charge in [0.25, 0.3) is 5.69 Å². The van der Waals surface area contributed by atoms with E-state index in [9.17, 15) is 20.2 Å². The predicted octanol–water partition coefficient (Wildman–Crippen LogP) is 6.25. The molecule has 0 aliphatic heterocycles. The van der Waals surface area contributed by atoms with Gasteiger partial charge in [0.05, 0.1) is 16.5 Å². The van der Waals surface area contributed by atoms with Crippen molar-refractivity contribution >= 4 is 33.4 Å². The molecule has 4 aromatic rings. The van der Waals surface area contributed by atoms with Crippen LogP contribution in [0.25, 0.3) is 5.69 Å². The number of ether oxygens (including phenoxy) is 2. The fourth-order valence-corrected chi connectivity index (χ4v) is 5.67. The second kappa shape index (κ2) is 12.3. The van der Waals surface area contributed by atoms with Gasteiger partial charge in [-0.3, -0.25) is 24.8 Å². The summed E-state index contributed by atoms with van der Waals surface area (Å²) in [7, 11) is 1.47. The number of thioether (sulfide) groups is 1. The van der Waals surface area contributed by atoms with Gasteiger partial charge in [-0.05, 0) is 70.7 Å². The van der Waals surface area contributed by atoms with E-state index in [1.165, 1.54) is 31.0 Å². The van der Waals surface area contributed by atoms with Crippen LogP contribution in [0, 0.1) is 34.1 Å². The lowest BCUT2D eigenvalue weighted by Gasteiger charge is -2.18. The Balaban J connectivity index is 1.64. The van der Waals surface area contributed by atoms with Crippen LogP contribution in [-0.4, -0.2) is 38.3 Å². The van der Waals surface area contributed by atoms with Crippen LogP contribution in [0.5, 0.6) is 11.5 Å². The molecule has 202 valence electrons. The number of halogens is 1. The zero-order chi connectivity index (χ0) is 28.1. The predicted molar refractivity (Wildman–Crippen MR) is 149 cm³/mol. The standard InChI is InChI=1S/C26H24BrN5O6S/c1-16-6-4-8-20(10-16)31-17(2)28-29-26(31)39-24(14-30(33)34)19-12-22(27)25(23(13-19)37-3)38-15-18-7-5-9-21(11-18)32(35)36/h4-13,24H,14-15H2,1-3H3/t24-/m0/s1. The van der Waals surface area contributed by atoms with Gasteiger partial charge in [-0.2, -0.15) is 0 Å². The van der Waals surface area contributed by atoms with E-state index in [0.717, 1.165) is 11.3 Å². The molecule has 11 nitrogen and oxygen atoms in total. The zero-order valence-corrected chi connectivity index (χ0v) is 23.6. The number of aromatic nitrogens is 3. The molecule has 13 heteroatoms. The Morgan fingerprint density at radius 1 is 1.05 bits per heavy atom. The highest BCUT2D eigenvalue weighted by molar-refractivity contribution is 9.10. The fraction of sp³-hybridized carbons (Fsp3) is 0.231. The average molecular weight is 614 g/mol. The Hall–Kier alpha value is -3.97. The first-order valence-electron chi connectivity index (χ1n) is 11.7. The van der Waals surface area contributed by atoms with E-state index in [0.29, 0.717) is 38.1 Å². The molecule has 0 saturated carbocycles. The number of nitrogens with zero attached hydrogens (tertiary/aromatic N) is 5. The van der Waals surface area contributed by atoms with E-state index in [1.807, 2.05) is 42.7 Å². The number of aryl methyl sites for hydroxylation is 2. The van der Waals surface area contributed by atoms with Crippen LogP contribution in [0.2, 0.25) is 0 Å². The molecule has 3 aromatic carbocycles. The molecule has 0 bridgehead atoms. The molecule has 39 heavy (non-hydrogen) atoms. The minimum atomic E-state index is -0.622. The molecule has 0 radical (unpaired) electrons. The second-order valence-corrected chi connectivity index (χ2v) is 10.6. The van der Waals surface area contributed by atoms with Crippen LogP contribution < -0.4 is 9.47 Å². The quantitative estimate of drug-likeness (QED) is 0.109. The summed E-state index contributed by atoms with van der Waals surface area (Å²) >= 11 is 4.74. The van der Waals surface area contributed by atoms with Gasteiger partial charge in [0, 0.05) is 22.7 Å². The molecule has 0 N–H and O–H groups in total. The molecule has 1 aromatic heterocycles. The molecular formula is C26H24BrN5O6S. The lowest BCUT2D eigenvalue weighted by Crippen LogP contribution is -2.12. The third-order valence-electron chi connectivity index (χ3n) is 5.75. The van der Waals surface area contributed by atoms with E-state index in [2.05, 4.69) is 26.1 Å². The number of benzene rings is 3. The first kappa shape index (κ1) is 28.0. The summed E-state index contributed by atoms with van der Waals surface area (Å²) in [5, 5.41) is 31.1. The summed E-state index contributed by atoms with van der Waals surface area (Å²) in [6.45, 7) is 3.50. The van der Waals surface area contributed by atoms with Crippen LogP contribution in [0.4, 0.5) is 5.69 Å². The van der Waals surface area contributed by atoms with Gasteiger partial charge in [0.1, 0.15) is 17.7 Å². The molecular weight excluding hydrogens is 590 g/mol. The van der Waals surface area contributed by atoms with Crippen molar-refractivity contribution in [1.82, 2.24) is 14.8 Å². The monoisotopic (exact) mass is 613 g/mol. The van der Waals surface area contributed by atoms with Crippen molar-refractivity contribution in [2.45, 2.75) is 30.9 Å². The lowest BCUT2D eigenvalue weighted by atomic mass is 10.1. The molecule has 1 atom stereocenters. The van der Waals surface area contributed by atoms with Crippen molar-refractivity contribution < 1.29 is 19.3 Å². The molecule has 0 aliphatic rings. The number of nitro groups is 2. The summed E-state index contributed by atoms with van der Waals surface area (Å²) in [6, 6.07) is 17.4. The highest BCUT2D eigenvalue weighted by Gasteiger charge is 2.26. The van der Waals surface area contributed by atoms with Crippen LogP contribution in [0.15, 0.2) is 70.3 Å². The van der Waals surface area contributed by atoms with Crippen LogP contribution >= 0.6 is 27.7 Å². The highest BCUT2D eigenvalue weighted by Crippen LogP contribution is 2.43. The Kier molecular flexibility index (Phi) is 8.82. The van der Waals surface area contributed by atoms with Gasteiger partial charge in [0.15, 0.2) is 16.7 Å². The molecule has 0 amide bonds.